The molecule has 0 saturated carbocycles. The van der Waals surface area contributed by atoms with Crippen molar-refractivity contribution in [3.8, 4) is 0 Å². The number of hydrogen-bond acceptors (Lipinski definition) is 4. The number of thiophene rings is 1. The third-order valence-corrected chi connectivity index (χ3v) is 7.46. The van der Waals surface area contributed by atoms with Gasteiger partial charge in [-0.15, -0.1) is 11.3 Å². The lowest BCUT2D eigenvalue weighted by molar-refractivity contribution is -0.885. The maximum Gasteiger partial charge on any atom is 0.264 e. The van der Waals surface area contributed by atoms with Crippen LogP contribution in [0.1, 0.15) is 53.2 Å². The van der Waals surface area contributed by atoms with E-state index in [1.165, 1.54) is 16.2 Å². The van der Waals surface area contributed by atoms with E-state index >= 15 is 0 Å². The van der Waals surface area contributed by atoms with Crippen LogP contribution >= 0.6 is 11.3 Å². The highest BCUT2D eigenvalue weighted by molar-refractivity contribution is 7.20. The molecule has 0 spiro atoms. The fraction of sp³-hybridized carbons (Fsp3) is 0.650. The lowest BCUT2D eigenvalue weighted by Crippen LogP contribution is -3.10. The van der Waals surface area contributed by atoms with Gasteiger partial charge in [0.05, 0.1) is 30.4 Å². The fourth-order valence-corrected chi connectivity index (χ4v) is 5.60. The van der Waals surface area contributed by atoms with E-state index in [-0.39, 0.29) is 17.5 Å². The van der Waals surface area contributed by atoms with Crippen LogP contribution in [-0.4, -0.2) is 53.6 Å². The number of fused-ring (bicyclic) bond motifs is 2. The fourth-order valence-electron chi connectivity index (χ4n) is 4.42. The molecule has 0 unspecified atom stereocenters. The molecule has 1 amide bonds. The van der Waals surface area contributed by atoms with Gasteiger partial charge in [0.2, 0.25) is 0 Å². The van der Waals surface area contributed by atoms with Gasteiger partial charge >= 0.3 is 0 Å². The Hall–Kier alpha value is -1.73. The Balaban J connectivity index is 1.70. The number of carbonyl (C=O) groups excluding carboxylic acids is 1. The van der Waals surface area contributed by atoms with E-state index in [9.17, 15) is 9.59 Å². The van der Waals surface area contributed by atoms with Crippen LogP contribution in [0.25, 0.3) is 10.2 Å². The molecule has 7 heteroatoms. The molecule has 6 nitrogen and oxygen atoms in total. The van der Waals surface area contributed by atoms with Crippen LogP contribution in [0.15, 0.2) is 4.79 Å². The van der Waals surface area contributed by atoms with Crippen LogP contribution in [0.3, 0.4) is 0 Å². The number of amides is 1. The molecule has 4 heterocycles. The number of quaternary nitrogens is 1. The zero-order valence-electron chi connectivity index (χ0n) is 16.5. The monoisotopic (exact) mass is 389 g/mol. The summed E-state index contributed by atoms with van der Waals surface area (Å²) in [4.78, 5) is 35.9. The molecule has 0 bridgehead atoms. The summed E-state index contributed by atoms with van der Waals surface area (Å²) in [5.74, 6) is 0.927. The molecule has 1 N–H and O–H groups in total. The number of aryl methyl sites for hydroxylation is 2. The largest absolute Gasteiger partial charge is 0.338 e. The first kappa shape index (κ1) is 18.6. The Bertz CT molecular complexity index is 924. The first-order valence-electron chi connectivity index (χ1n) is 10.1. The minimum atomic E-state index is 0.0373. The molecule has 2 aliphatic rings. The molecule has 2 aromatic rings. The Kier molecular flexibility index (Phi) is 5.07. The molecule has 1 fully saturated rings. The molecule has 4 rings (SSSR count). The van der Waals surface area contributed by atoms with E-state index in [1.54, 1.807) is 0 Å². The van der Waals surface area contributed by atoms with Crippen LogP contribution in [-0.2, 0) is 13.0 Å². The number of hydrogen-bond donors (Lipinski definition) is 1. The second-order valence-corrected chi connectivity index (χ2v) is 9.14. The molecule has 2 aliphatic heterocycles. The molecular formula is C20H29N4O2S+. The third-order valence-electron chi connectivity index (χ3n) is 6.28. The van der Waals surface area contributed by atoms with E-state index in [2.05, 4.69) is 7.05 Å². The average Bonchev–Trinajstić information content (AvgIpc) is 2.83. The molecule has 0 aliphatic carbocycles. The van der Waals surface area contributed by atoms with E-state index in [0.717, 1.165) is 74.4 Å². The van der Waals surface area contributed by atoms with Crippen molar-refractivity contribution in [2.24, 2.45) is 0 Å². The van der Waals surface area contributed by atoms with Crippen molar-refractivity contribution in [1.82, 2.24) is 14.5 Å². The van der Waals surface area contributed by atoms with Gasteiger partial charge in [0, 0.05) is 38.9 Å². The summed E-state index contributed by atoms with van der Waals surface area (Å²) in [6.07, 6.45) is 6.16. The number of aromatic nitrogens is 2. The van der Waals surface area contributed by atoms with Crippen LogP contribution in [0, 0.1) is 6.92 Å². The van der Waals surface area contributed by atoms with Crippen molar-refractivity contribution < 1.29 is 9.69 Å². The van der Waals surface area contributed by atoms with Gasteiger partial charge in [-0.2, -0.15) is 0 Å². The number of piperidine rings is 1. The molecule has 2 aromatic heterocycles. The number of nitrogens with one attached hydrogen (secondary N) is 1. The van der Waals surface area contributed by atoms with Gasteiger partial charge in [-0.25, -0.2) is 4.98 Å². The second kappa shape index (κ2) is 7.36. The lowest BCUT2D eigenvalue weighted by Gasteiger charge is -2.33. The highest BCUT2D eigenvalue weighted by Gasteiger charge is 2.29. The van der Waals surface area contributed by atoms with E-state index in [0.29, 0.717) is 10.3 Å². The Labute approximate surface area is 163 Å². The average molecular weight is 390 g/mol. The quantitative estimate of drug-likeness (QED) is 0.841. The summed E-state index contributed by atoms with van der Waals surface area (Å²) in [6, 6.07) is 0.289. The number of likely N-dealkylation sites (tertiary alicyclic amines) is 1. The predicted molar refractivity (Wildman–Crippen MR) is 108 cm³/mol. The topological polar surface area (TPSA) is 59.6 Å². The molecule has 146 valence electrons. The van der Waals surface area contributed by atoms with E-state index < -0.39 is 0 Å². The normalized spacial score (nSPS) is 23.1. The predicted octanol–water partition coefficient (Wildman–Crippen LogP) is 1.24. The van der Waals surface area contributed by atoms with Gasteiger partial charge in [0.1, 0.15) is 10.7 Å². The van der Waals surface area contributed by atoms with Gasteiger partial charge in [0.25, 0.3) is 11.5 Å². The molecule has 0 aromatic carbocycles. The molecular weight excluding hydrogens is 360 g/mol. The minimum absolute atomic E-state index is 0.0373. The Morgan fingerprint density at radius 1 is 1.26 bits per heavy atom. The summed E-state index contributed by atoms with van der Waals surface area (Å²) in [5.41, 5.74) is 0.845. The number of nitrogens with zero attached hydrogens (tertiary/aromatic N) is 3. The van der Waals surface area contributed by atoms with Crippen molar-refractivity contribution in [1.29, 1.82) is 0 Å². The van der Waals surface area contributed by atoms with Crippen molar-refractivity contribution >= 4 is 27.5 Å². The summed E-state index contributed by atoms with van der Waals surface area (Å²) in [6.45, 7) is 4.85. The second-order valence-electron chi connectivity index (χ2n) is 8.14. The molecule has 1 saturated heterocycles. The van der Waals surface area contributed by atoms with Crippen LogP contribution in [0.2, 0.25) is 0 Å². The van der Waals surface area contributed by atoms with Crippen LogP contribution in [0.4, 0.5) is 0 Å². The standard InChI is InChI=1S/C20H28N4O2S/c1-13-16-18(21-15-7-5-4-6-10-24(15)19(16)25)27-17(13)20(26)23(3)14-8-11-22(2)12-9-14/h14H,4-12H2,1-3H3/p+1. The lowest BCUT2D eigenvalue weighted by atomic mass is 10.0. The SMILES string of the molecule is Cc1c(C(=O)N(C)C2CC[NH+](C)CC2)sc2nc3n(c(=O)c12)CCCCC3. The summed E-state index contributed by atoms with van der Waals surface area (Å²) < 4.78 is 1.84. The third kappa shape index (κ3) is 3.31. The Morgan fingerprint density at radius 2 is 2.00 bits per heavy atom. The minimum Gasteiger partial charge on any atom is -0.338 e. The van der Waals surface area contributed by atoms with Crippen molar-refractivity contribution in [2.45, 2.75) is 58.0 Å². The first-order valence-corrected chi connectivity index (χ1v) is 10.9. The van der Waals surface area contributed by atoms with Gasteiger partial charge in [-0.3, -0.25) is 14.2 Å². The number of rotatable bonds is 2. The van der Waals surface area contributed by atoms with Crippen molar-refractivity contribution in [3.05, 3.63) is 26.6 Å². The van der Waals surface area contributed by atoms with Gasteiger partial charge in [-0.1, -0.05) is 6.42 Å². The van der Waals surface area contributed by atoms with Crippen LogP contribution in [0.5, 0.6) is 0 Å². The highest BCUT2D eigenvalue weighted by atomic mass is 32.1. The zero-order valence-corrected chi connectivity index (χ0v) is 17.3. The van der Waals surface area contributed by atoms with Crippen LogP contribution < -0.4 is 10.5 Å². The maximum atomic E-state index is 13.2. The Morgan fingerprint density at radius 3 is 2.74 bits per heavy atom. The summed E-state index contributed by atoms with van der Waals surface area (Å²) >= 11 is 1.40. The first-order chi connectivity index (χ1) is 13.0. The molecule has 0 radical (unpaired) electrons. The maximum absolute atomic E-state index is 13.2. The highest BCUT2D eigenvalue weighted by Crippen LogP contribution is 2.30. The van der Waals surface area contributed by atoms with E-state index in [4.69, 9.17) is 4.98 Å². The van der Waals surface area contributed by atoms with E-state index in [1.807, 2.05) is 23.4 Å². The van der Waals surface area contributed by atoms with Crippen molar-refractivity contribution in [3.63, 3.8) is 0 Å². The smallest absolute Gasteiger partial charge is 0.264 e. The number of carbonyl (C=O) groups is 1. The molecule has 0 atom stereocenters. The van der Waals surface area contributed by atoms with Gasteiger partial charge in [-0.05, 0) is 25.3 Å². The zero-order chi connectivity index (χ0) is 19.1. The molecule has 27 heavy (non-hydrogen) atoms. The summed E-state index contributed by atoms with van der Waals surface area (Å²) in [5, 5.41) is 0.648. The van der Waals surface area contributed by atoms with Gasteiger partial charge < -0.3 is 9.80 Å². The summed E-state index contributed by atoms with van der Waals surface area (Å²) in [7, 11) is 4.12. The van der Waals surface area contributed by atoms with Gasteiger partial charge in [0.15, 0.2) is 0 Å². The van der Waals surface area contributed by atoms with Crippen molar-refractivity contribution in [2.75, 3.05) is 27.2 Å².